The van der Waals surface area contributed by atoms with Gasteiger partial charge in [-0.3, -0.25) is 0 Å². The van der Waals surface area contributed by atoms with Crippen LogP contribution in [0.25, 0.3) is 0 Å². The quantitative estimate of drug-likeness (QED) is 0.403. The molecule has 0 amide bonds. The zero-order valence-electron chi connectivity index (χ0n) is 7.81. The number of halogens is 4. The Balaban J connectivity index is 4.32. The molecule has 0 aromatic carbocycles. The summed E-state index contributed by atoms with van der Waals surface area (Å²) in [7, 11) is 17.3. The monoisotopic (exact) mass is 398 g/mol. The summed E-state index contributed by atoms with van der Waals surface area (Å²) in [6.07, 6.45) is 0.191. The Morgan fingerprint density at radius 1 is 1.43 bits per heavy atom. The van der Waals surface area contributed by atoms with Gasteiger partial charge in [-0.05, 0) is 0 Å². The van der Waals surface area contributed by atoms with Crippen molar-refractivity contribution in [3.8, 4) is 0 Å². The van der Waals surface area contributed by atoms with E-state index >= 15 is 0 Å². The number of ether oxygens (including phenoxy) is 1. The summed E-state index contributed by atoms with van der Waals surface area (Å²) in [6, 6.07) is 0. The number of carbonyl (C=O) groups excluding carboxylic acids is 1. The summed E-state index contributed by atoms with van der Waals surface area (Å²) in [6.45, 7) is 3.21. The van der Waals surface area contributed by atoms with Gasteiger partial charge < -0.3 is 0 Å². The van der Waals surface area contributed by atoms with Crippen LogP contribution in [0.5, 0.6) is 0 Å². The summed E-state index contributed by atoms with van der Waals surface area (Å²) < 4.78 is 5.29. The first-order chi connectivity index (χ1) is 6.26. The van der Waals surface area contributed by atoms with Crippen LogP contribution in [-0.2, 0) is 9.53 Å². The number of hydrogen-bond donors (Lipinski definition) is 0. The first kappa shape index (κ1) is 15.4. The van der Waals surface area contributed by atoms with Crippen LogP contribution >= 0.6 is 38.5 Å². The zero-order valence-corrected chi connectivity index (χ0v) is 13.2. The van der Waals surface area contributed by atoms with Crippen LogP contribution in [0.3, 0.4) is 0 Å². The van der Waals surface area contributed by atoms with E-state index in [4.69, 9.17) is 43.2 Å². The van der Waals surface area contributed by atoms with Crippen LogP contribution in [-0.4, -0.2) is 32.3 Å². The molecular weight excluding hydrogens is 385 g/mol. The molecule has 0 aromatic heterocycles. The van der Waals surface area contributed by atoms with Crippen molar-refractivity contribution in [3.63, 3.8) is 0 Å². The first-order valence-electron chi connectivity index (χ1n) is 3.97. The average Bonchev–Trinajstić information content (AvgIpc) is 1.98. The first-order valence-corrected chi connectivity index (χ1v) is 14.9. The molecule has 0 saturated heterocycles. The Bertz CT molecular complexity index is 195. The number of esters is 1. The maximum absolute atomic E-state index is 10.8. The van der Waals surface area contributed by atoms with Crippen LogP contribution in [0.2, 0.25) is 4.47 Å². The van der Waals surface area contributed by atoms with E-state index < -0.39 is 26.9 Å². The fraction of sp³-hybridized carbons (Fsp3) is 0.857. The molecule has 86 valence electrons. The van der Waals surface area contributed by atoms with Gasteiger partial charge in [-0.2, -0.15) is 0 Å². The van der Waals surface area contributed by atoms with Crippen molar-refractivity contribution in [2.24, 2.45) is 0 Å². The number of hydrogen-bond acceptors (Lipinski definition) is 2. The fourth-order valence-electron chi connectivity index (χ4n) is 0.875. The molecule has 0 spiro atoms. The molecule has 0 radical (unpaired) electrons. The molecule has 2 nitrogen and oxygen atoms in total. The van der Waals surface area contributed by atoms with Gasteiger partial charge in [0.05, 0.1) is 0 Å². The van der Waals surface area contributed by atoms with Crippen LogP contribution in [0.4, 0.5) is 0 Å². The third-order valence-corrected chi connectivity index (χ3v) is 6.61. The van der Waals surface area contributed by atoms with E-state index in [9.17, 15) is 4.79 Å². The fourth-order valence-corrected chi connectivity index (χ4v) is 5.77. The molecule has 0 heterocycles. The molecule has 0 aliphatic carbocycles. The summed E-state index contributed by atoms with van der Waals surface area (Å²) in [5.74, 6) is -0.397. The molecule has 0 unspecified atom stereocenters. The Labute approximate surface area is 104 Å². The molecule has 0 fully saturated rings. The second kappa shape index (κ2) is 6.89. The molecule has 14 heavy (non-hydrogen) atoms. The van der Waals surface area contributed by atoms with Crippen molar-refractivity contribution in [2.75, 3.05) is 0 Å². The van der Waals surface area contributed by atoms with E-state index in [-0.39, 0.29) is 9.85 Å². The van der Waals surface area contributed by atoms with Gasteiger partial charge in [0.2, 0.25) is 0 Å². The predicted molar refractivity (Wildman–Crippen MR) is 63.6 cm³/mol. The Morgan fingerprint density at radius 3 is 2.21 bits per heavy atom. The molecule has 0 aliphatic rings. The minimum absolute atomic E-state index is 0.286. The molecule has 0 aromatic rings. The number of carbonyl (C=O) groups is 1. The van der Waals surface area contributed by atoms with Crippen molar-refractivity contribution >= 4 is 59.3 Å². The van der Waals surface area contributed by atoms with Gasteiger partial charge in [-0.15, -0.1) is 0 Å². The van der Waals surface area contributed by atoms with Crippen LogP contribution in [0, 0.1) is 0 Å². The third-order valence-electron chi connectivity index (χ3n) is 1.46. The zero-order chi connectivity index (χ0) is 11.4. The van der Waals surface area contributed by atoms with Crippen molar-refractivity contribution in [2.45, 2.75) is 36.2 Å². The minimum atomic E-state index is -3.31. The molecule has 0 N–H and O–H groups in total. The Hall–Kier alpha value is 1.42. The van der Waals surface area contributed by atoms with Crippen molar-refractivity contribution in [3.05, 3.63) is 0 Å². The Kier molecular flexibility index (Phi) is 7.58. The summed E-state index contributed by atoms with van der Waals surface area (Å²) in [4.78, 5) is 10.8. The molecule has 7 heteroatoms. The van der Waals surface area contributed by atoms with Crippen LogP contribution in [0.1, 0.15) is 20.3 Å². The van der Waals surface area contributed by atoms with Gasteiger partial charge in [0.1, 0.15) is 0 Å². The van der Waals surface area contributed by atoms with Gasteiger partial charge in [-0.25, -0.2) is 0 Å². The molecule has 2 atom stereocenters. The van der Waals surface area contributed by atoms with Gasteiger partial charge in [-0.1, -0.05) is 0 Å². The SMILES string of the molecule is CC[C@@H](Cl)[C@H](C[Te](Cl)(Cl)Cl)OC(C)=O. The molecule has 0 rings (SSSR count). The topological polar surface area (TPSA) is 26.3 Å². The summed E-state index contributed by atoms with van der Waals surface area (Å²) >= 11 is 2.65. The van der Waals surface area contributed by atoms with Crippen molar-refractivity contribution in [1.29, 1.82) is 0 Å². The molecule has 0 saturated carbocycles. The van der Waals surface area contributed by atoms with Crippen molar-refractivity contribution in [1.82, 2.24) is 0 Å². The average molecular weight is 398 g/mol. The summed E-state index contributed by atoms with van der Waals surface area (Å²) in [5, 5.41) is -0.291. The van der Waals surface area contributed by atoms with E-state index in [1.54, 1.807) is 0 Å². The number of rotatable bonds is 5. The third kappa shape index (κ3) is 7.68. The number of alkyl halides is 1. The Morgan fingerprint density at radius 2 is 1.93 bits per heavy atom. The van der Waals surface area contributed by atoms with Gasteiger partial charge in [0.25, 0.3) is 0 Å². The maximum atomic E-state index is 10.8. The van der Waals surface area contributed by atoms with Crippen LogP contribution in [0.15, 0.2) is 0 Å². The van der Waals surface area contributed by atoms with Gasteiger partial charge in [0, 0.05) is 0 Å². The van der Waals surface area contributed by atoms with E-state index in [1.807, 2.05) is 6.92 Å². The van der Waals surface area contributed by atoms with Crippen molar-refractivity contribution < 1.29 is 9.53 Å². The van der Waals surface area contributed by atoms with E-state index in [0.29, 0.717) is 6.42 Å². The van der Waals surface area contributed by atoms with Gasteiger partial charge in [0.15, 0.2) is 0 Å². The second-order valence-corrected chi connectivity index (χ2v) is 20.9. The molecule has 0 aliphatic heterocycles. The van der Waals surface area contributed by atoms with Crippen LogP contribution < -0.4 is 0 Å². The predicted octanol–water partition coefficient (Wildman–Crippen LogP) is 3.59. The normalized spacial score (nSPS) is 17.3. The molecular formula is C7H12Cl4O2Te. The van der Waals surface area contributed by atoms with E-state index in [1.165, 1.54) is 6.92 Å². The second-order valence-electron chi connectivity index (χ2n) is 2.74. The van der Waals surface area contributed by atoms with Gasteiger partial charge >= 0.3 is 105 Å². The molecule has 0 bridgehead atoms. The standard InChI is InChI=1S/C7H12Cl4O2Te/c1-3-6(8)7(13-5(2)12)4-14(9,10)11/h6-7H,3-4H2,1-2H3/t6-,7+/m1/s1. The van der Waals surface area contributed by atoms with E-state index in [2.05, 4.69) is 0 Å². The summed E-state index contributed by atoms with van der Waals surface area (Å²) in [5.41, 5.74) is 0. The van der Waals surface area contributed by atoms with E-state index in [0.717, 1.165) is 0 Å².